The lowest BCUT2D eigenvalue weighted by molar-refractivity contribution is -0.125. The maximum absolute atomic E-state index is 12.8. The molecule has 1 fully saturated rings. The second kappa shape index (κ2) is 6.71. The number of nitrogens with zero attached hydrogens (tertiary/aromatic N) is 3. The third-order valence-electron chi connectivity index (χ3n) is 4.15. The fourth-order valence-electron chi connectivity index (χ4n) is 2.99. The Morgan fingerprint density at radius 3 is 2.68 bits per heavy atom. The number of aromatic nitrogens is 1. The molecule has 4 nitrogen and oxygen atoms in total. The van der Waals surface area contributed by atoms with Crippen LogP contribution in [-0.4, -0.2) is 35.4 Å². The summed E-state index contributed by atoms with van der Waals surface area (Å²) >= 11 is 0. The van der Waals surface area contributed by atoms with E-state index in [0.717, 1.165) is 30.8 Å². The fourth-order valence-corrected chi connectivity index (χ4v) is 2.99. The summed E-state index contributed by atoms with van der Waals surface area (Å²) in [7, 11) is 2.01. The highest BCUT2D eigenvalue weighted by Crippen LogP contribution is 2.23. The van der Waals surface area contributed by atoms with E-state index in [1.165, 1.54) is 0 Å². The highest BCUT2D eigenvalue weighted by Gasteiger charge is 2.32. The lowest BCUT2D eigenvalue weighted by Crippen LogP contribution is -2.51. The van der Waals surface area contributed by atoms with Crippen molar-refractivity contribution in [1.29, 1.82) is 0 Å². The van der Waals surface area contributed by atoms with Gasteiger partial charge in [0, 0.05) is 25.0 Å². The van der Waals surface area contributed by atoms with Crippen LogP contribution in [0.1, 0.15) is 18.5 Å². The zero-order valence-electron chi connectivity index (χ0n) is 12.9. The number of carbonyl (C=O) groups is 1. The molecule has 0 N–H and O–H groups in total. The van der Waals surface area contributed by atoms with Gasteiger partial charge in [0.25, 0.3) is 0 Å². The van der Waals surface area contributed by atoms with Crippen LogP contribution in [-0.2, 0) is 11.3 Å². The Hall–Kier alpha value is -2.20. The van der Waals surface area contributed by atoms with E-state index in [1.807, 2.05) is 60.5 Å². The average Bonchev–Trinajstić information content (AvgIpc) is 2.56. The molecule has 0 saturated carbocycles. The minimum atomic E-state index is -0.0732. The molecule has 114 valence electrons. The molecule has 0 bridgehead atoms. The third-order valence-corrected chi connectivity index (χ3v) is 4.15. The molecular formula is C18H21N3O. The van der Waals surface area contributed by atoms with Gasteiger partial charge in [0.15, 0.2) is 0 Å². The third kappa shape index (κ3) is 3.17. The Morgan fingerprint density at radius 1 is 1.18 bits per heavy atom. The second-order valence-electron chi connectivity index (χ2n) is 5.72. The van der Waals surface area contributed by atoms with Gasteiger partial charge in [0.2, 0.25) is 5.91 Å². The van der Waals surface area contributed by atoms with Crippen LogP contribution in [0.3, 0.4) is 0 Å². The summed E-state index contributed by atoms with van der Waals surface area (Å²) in [5.74, 6) is 0.191. The van der Waals surface area contributed by atoms with Crippen molar-refractivity contribution in [3.8, 4) is 0 Å². The normalized spacial score (nSPS) is 18.7. The van der Waals surface area contributed by atoms with Crippen LogP contribution < -0.4 is 4.90 Å². The van der Waals surface area contributed by atoms with Crippen molar-refractivity contribution in [3.05, 3.63) is 60.4 Å². The first-order chi connectivity index (χ1) is 10.8. The number of benzene rings is 1. The molecular weight excluding hydrogens is 274 g/mol. The van der Waals surface area contributed by atoms with Gasteiger partial charge < -0.3 is 4.90 Å². The average molecular weight is 295 g/mol. The van der Waals surface area contributed by atoms with Gasteiger partial charge in [-0.05, 0) is 44.2 Å². The van der Waals surface area contributed by atoms with Crippen LogP contribution >= 0.6 is 0 Å². The van der Waals surface area contributed by atoms with Gasteiger partial charge in [-0.15, -0.1) is 0 Å². The zero-order chi connectivity index (χ0) is 15.4. The smallest absolute Gasteiger partial charge is 0.244 e. The predicted octanol–water partition coefficient (Wildman–Crippen LogP) is 2.71. The molecule has 0 aliphatic carbocycles. The molecule has 3 rings (SSSR count). The summed E-state index contributed by atoms with van der Waals surface area (Å²) in [6.45, 7) is 1.50. The van der Waals surface area contributed by atoms with E-state index in [9.17, 15) is 4.79 Å². The molecule has 1 aliphatic rings. The van der Waals surface area contributed by atoms with Crippen LogP contribution in [0.25, 0.3) is 0 Å². The molecule has 1 amide bonds. The first-order valence-electron chi connectivity index (χ1n) is 7.72. The van der Waals surface area contributed by atoms with Crippen LogP contribution in [0.15, 0.2) is 54.7 Å². The highest BCUT2D eigenvalue weighted by molar-refractivity contribution is 5.97. The molecule has 1 saturated heterocycles. The first kappa shape index (κ1) is 14.7. The van der Waals surface area contributed by atoms with E-state index in [1.54, 1.807) is 6.20 Å². The van der Waals surface area contributed by atoms with Crippen molar-refractivity contribution in [1.82, 2.24) is 9.88 Å². The van der Waals surface area contributed by atoms with Gasteiger partial charge >= 0.3 is 0 Å². The largest absolute Gasteiger partial charge is 0.311 e. The van der Waals surface area contributed by atoms with E-state index >= 15 is 0 Å². The molecule has 0 radical (unpaired) electrons. The summed E-state index contributed by atoms with van der Waals surface area (Å²) in [4.78, 5) is 21.2. The summed E-state index contributed by atoms with van der Waals surface area (Å²) in [6.07, 6.45) is 3.73. The Morgan fingerprint density at radius 2 is 1.95 bits per heavy atom. The van der Waals surface area contributed by atoms with E-state index in [-0.39, 0.29) is 11.9 Å². The number of para-hydroxylation sites is 1. The number of amides is 1. The Balaban J connectivity index is 1.72. The van der Waals surface area contributed by atoms with Gasteiger partial charge in [0.05, 0.1) is 11.7 Å². The molecule has 1 atom stereocenters. The van der Waals surface area contributed by atoms with Gasteiger partial charge in [-0.3, -0.25) is 14.7 Å². The number of anilines is 1. The highest BCUT2D eigenvalue weighted by atomic mass is 16.2. The molecule has 1 aromatic heterocycles. The van der Waals surface area contributed by atoms with Gasteiger partial charge in [-0.1, -0.05) is 24.3 Å². The van der Waals surface area contributed by atoms with Crippen LogP contribution in [0.4, 0.5) is 5.69 Å². The van der Waals surface area contributed by atoms with E-state index in [0.29, 0.717) is 6.54 Å². The van der Waals surface area contributed by atoms with Crippen molar-refractivity contribution in [3.63, 3.8) is 0 Å². The van der Waals surface area contributed by atoms with E-state index < -0.39 is 0 Å². The molecule has 22 heavy (non-hydrogen) atoms. The molecule has 1 aromatic carbocycles. The van der Waals surface area contributed by atoms with Crippen LogP contribution in [0.2, 0.25) is 0 Å². The topological polar surface area (TPSA) is 36.4 Å². The molecule has 1 aliphatic heterocycles. The lowest BCUT2D eigenvalue weighted by Gasteiger charge is -2.36. The quantitative estimate of drug-likeness (QED) is 0.870. The van der Waals surface area contributed by atoms with Crippen molar-refractivity contribution in [2.24, 2.45) is 0 Å². The van der Waals surface area contributed by atoms with Crippen LogP contribution in [0.5, 0.6) is 0 Å². The van der Waals surface area contributed by atoms with E-state index in [2.05, 4.69) is 9.88 Å². The summed E-state index contributed by atoms with van der Waals surface area (Å²) in [6, 6.07) is 15.7. The van der Waals surface area contributed by atoms with Crippen molar-refractivity contribution in [2.45, 2.75) is 25.4 Å². The van der Waals surface area contributed by atoms with Crippen molar-refractivity contribution in [2.75, 3.05) is 18.5 Å². The lowest BCUT2D eigenvalue weighted by atomic mass is 10.0. The number of likely N-dealkylation sites (N-methyl/N-ethyl adjacent to an activating group) is 1. The number of hydrogen-bond donors (Lipinski definition) is 0. The zero-order valence-corrected chi connectivity index (χ0v) is 12.9. The minimum absolute atomic E-state index is 0.0732. The molecule has 0 unspecified atom stereocenters. The molecule has 0 spiro atoms. The summed E-state index contributed by atoms with van der Waals surface area (Å²) in [5.41, 5.74) is 1.98. The number of carbonyl (C=O) groups excluding carboxylic acids is 1. The number of piperidine rings is 1. The Labute approximate surface area is 131 Å². The van der Waals surface area contributed by atoms with Crippen LogP contribution in [0, 0.1) is 0 Å². The second-order valence-corrected chi connectivity index (χ2v) is 5.72. The fraction of sp³-hybridized carbons (Fsp3) is 0.333. The first-order valence-corrected chi connectivity index (χ1v) is 7.72. The summed E-state index contributed by atoms with van der Waals surface area (Å²) in [5, 5.41) is 0. The maximum Gasteiger partial charge on any atom is 0.244 e. The van der Waals surface area contributed by atoms with Crippen molar-refractivity contribution >= 4 is 11.6 Å². The Bertz CT molecular complexity index is 615. The van der Waals surface area contributed by atoms with Crippen molar-refractivity contribution < 1.29 is 4.79 Å². The number of pyridine rings is 1. The predicted molar refractivity (Wildman–Crippen MR) is 87.5 cm³/mol. The van der Waals surface area contributed by atoms with E-state index in [4.69, 9.17) is 0 Å². The minimum Gasteiger partial charge on any atom is -0.311 e. The van der Waals surface area contributed by atoms with Gasteiger partial charge in [-0.2, -0.15) is 0 Å². The molecule has 2 heterocycles. The SMILES string of the molecule is CN(Cc1ccccn1)[C@@H]1CCCN(c2ccccc2)C1=O. The monoisotopic (exact) mass is 295 g/mol. The number of hydrogen-bond acceptors (Lipinski definition) is 3. The molecule has 4 heteroatoms. The summed E-state index contributed by atoms with van der Waals surface area (Å²) < 4.78 is 0. The van der Waals surface area contributed by atoms with Gasteiger partial charge in [-0.25, -0.2) is 0 Å². The maximum atomic E-state index is 12.8. The Kier molecular flexibility index (Phi) is 4.49. The standard InChI is InChI=1S/C18H21N3O/c1-20(14-15-8-5-6-12-19-15)17-11-7-13-21(18(17)22)16-9-3-2-4-10-16/h2-6,8-10,12,17H,7,11,13-14H2,1H3/t17-/m1/s1. The number of rotatable bonds is 4. The van der Waals surface area contributed by atoms with Gasteiger partial charge in [0.1, 0.15) is 0 Å². The molecule has 2 aromatic rings.